The van der Waals surface area contributed by atoms with Crippen LogP contribution in [0.1, 0.15) is 16.7 Å². The van der Waals surface area contributed by atoms with Gasteiger partial charge in [0.05, 0.1) is 0 Å². The molecular formula is C21H18FN. The lowest BCUT2D eigenvalue weighted by atomic mass is 9.97. The third-order valence-electron chi connectivity index (χ3n) is 3.78. The van der Waals surface area contributed by atoms with Gasteiger partial charge in [0.2, 0.25) is 0 Å². The van der Waals surface area contributed by atoms with E-state index in [-0.39, 0.29) is 5.82 Å². The van der Waals surface area contributed by atoms with Crippen LogP contribution in [0.3, 0.4) is 0 Å². The topological polar surface area (TPSA) is 12.0 Å². The second kappa shape index (κ2) is 6.93. The minimum atomic E-state index is -0.254. The first-order valence-corrected chi connectivity index (χ1v) is 7.57. The van der Waals surface area contributed by atoms with E-state index in [0.29, 0.717) is 17.7 Å². The molecule has 0 amide bonds. The lowest BCUT2D eigenvalue weighted by Gasteiger charge is -2.15. The zero-order chi connectivity index (χ0) is 16.1. The van der Waals surface area contributed by atoms with E-state index in [9.17, 15) is 4.39 Å². The summed E-state index contributed by atoms with van der Waals surface area (Å²) in [6, 6.07) is 24.7. The summed E-state index contributed by atoms with van der Waals surface area (Å²) in [7, 11) is 0. The van der Waals surface area contributed by atoms with Crippen LogP contribution in [0.15, 0.2) is 85.4 Å². The molecule has 0 atom stereocenters. The summed E-state index contributed by atoms with van der Waals surface area (Å²) >= 11 is 0. The Morgan fingerprint density at radius 3 is 2.13 bits per heavy atom. The van der Waals surface area contributed by atoms with E-state index in [1.54, 1.807) is 12.1 Å². The van der Waals surface area contributed by atoms with Gasteiger partial charge in [-0.1, -0.05) is 73.3 Å². The fourth-order valence-electron chi connectivity index (χ4n) is 2.54. The van der Waals surface area contributed by atoms with Crippen molar-refractivity contribution < 1.29 is 4.39 Å². The van der Waals surface area contributed by atoms with E-state index in [0.717, 1.165) is 11.3 Å². The fraction of sp³-hybridized carbons (Fsp3) is 0.0476. The molecule has 0 spiro atoms. The Balaban J connectivity index is 1.86. The largest absolute Gasteiger partial charge is 0.380 e. The van der Waals surface area contributed by atoms with Crippen molar-refractivity contribution in [1.82, 2.24) is 0 Å². The first-order chi connectivity index (χ1) is 11.3. The molecule has 1 N–H and O–H groups in total. The maximum Gasteiger partial charge on any atom is 0.131 e. The van der Waals surface area contributed by atoms with Gasteiger partial charge in [0.1, 0.15) is 5.82 Å². The van der Waals surface area contributed by atoms with Crippen LogP contribution in [0.2, 0.25) is 0 Å². The predicted molar refractivity (Wildman–Crippen MR) is 94.7 cm³/mol. The standard InChI is InChI=1S/C21H18FN/c1-16(18-11-5-7-13-20(18)22)19-12-6-8-14-21(19)23-15-17-9-3-2-4-10-17/h2-14,23H,1,15H2. The molecule has 0 radical (unpaired) electrons. The zero-order valence-corrected chi connectivity index (χ0v) is 12.8. The van der Waals surface area contributed by atoms with Gasteiger partial charge in [0, 0.05) is 23.4 Å². The maximum absolute atomic E-state index is 14.0. The van der Waals surface area contributed by atoms with E-state index >= 15 is 0 Å². The monoisotopic (exact) mass is 303 g/mol. The zero-order valence-electron chi connectivity index (χ0n) is 12.8. The molecule has 0 fully saturated rings. The van der Waals surface area contributed by atoms with Crippen LogP contribution in [-0.2, 0) is 6.54 Å². The summed E-state index contributed by atoms with van der Waals surface area (Å²) in [5, 5.41) is 3.42. The van der Waals surface area contributed by atoms with Crippen LogP contribution >= 0.6 is 0 Å². The van der Waals surface area contributed by atoms with Crippen molar-refractivity contribution in [2.24, 2.45) is 0 Å². The molecule has 3 rings (SSSR count). The highest BCUT2D eigenvalue weighted by Gasteiger charge is 2.11. The molecule has 23 heavy (non-hydrogen) atoms. The highest BCUT2D eigenvalue weighted by atomic mass is 19.1. The van der Waals surface area contributed by atoms with Crippen LogP contribution < -0.4 is 5.32 Å². The molecule has 2 heteroatoms. The summed E-state index contributed by atoms with van der Waals surface area (Å²) in [6.07, 6.45) is 0. The van der Waals surface area contributed by atoms with Crippen LogP contribution in [0.5, 0.6) is 0 Å². The van der Waals surface area contributed by atoms with Crippen LogP contribution in [0, 0.1) is 5.82 Å². The lowest BCUT2D eigenvalue weighted by Crippen LogP contribution is -2.02. The molecule has 114 valence electrons. The Labute approximate surface area is 136 Å². The van der Waals surface area contributed by atoms with Gasteiger partial charge in [-0.15, -0.1) is 0 Å². The minimum Gasteiger partial charge on any atom is -0.380 e. The Hall–Kier alpha value is -2.87. The normalized spacial score (nSPS) is 10.3. The third-order valence-corrected chi connectivity index (χ3v) is 3.78. The second-order valence-corrected chi connectivity index (χ2v) is 5.34. The third kappa shape index (κ3) is 3.49. The van der Waals surface area contributed by atoms with E-state index in [1.165, 1.54) is 11.6 Å². The Morgan fingerprint density at radius 1 is 0.783 bits per heavy atom. The Morgan fingerprint density at radius 2 is 1.39 bits per heavy atom. The Kier molecular flexibility index (Phi) is 4.53. The summed E-state index contributed by atoms with van der Waals surface area (Å²) in [5.74, 6) is -0.254. The number of rotatable bonds is 5. The van der Waals surface area contributed by atoms with Crippen molar-refractivity contribution in [3.63, 3.8) is 0 Å². The number of para-hydroxylation sites is 1. The molecule has 0 bridgehead atoms. The van der Waals surface area contributed by atoms with E-state index < -0.39 is 0 Å². The van der Waals surface area contributed by atoms with Crippen LogP contribution in [0.4, 0.5) is 10.1 Å². The molecule has 3 aromatic rings. The first kappa shape index (κ1) is 15.0. The van der Waals surface area contributed by atoms with Crippen LogP contribution in [0.25, 0.3) is 5.57 Å². The quantitative estimate of drug-likeness (QED) is 0.656. The van der Waals surface area contributed by atoms with Gasteiger partial charge in [0.25, 0.3) is 0 Å². The Bertz CT molecular complexity index is 809. The number of hydrogen-bond acceptors (Lipinski definition) is 1. The number of benzene rings is 3. The van der Waals surface area contributed by atoms with Crippen molar-refractivity contribution >= 4 is 11.3 Å². The SMILES string of the molecule is C=C(c1ccccc1F)c1ccccc1NCc1ccccc1. The molecule has 0 aromatic heterocycles. The smallest absolute Gasteiger partial charge is 0.131 e. The summed E-state index contributed by atoms with van der Waals surface area (Å²) in [6.45, 7) is 4.80. The first-order valence-electron chi connectivity index (χ1n) is 7.57. The van der Waals surface area contributed by atoms with Crippen LogP contribution in [-0.4, -0.2) is 0 Å². The maximum atomic E-state index is 14.0. The van der Waals surface area contributed by atoms with E-state index in [2.05, 4.69) is 24.0 Å². The number of nitrogens with one attached hydrogen (secondary N) is 1. The molecular weight excluding hydrogens is 285 g/mol. The molecule has 0 aliphatic carbocycles. The molecule has 0 unspecified atom stereocenters. The van der Waals surface area contributed by atoms with E-state index in [1.807, 2.05) is 48.5 Å². The summed E-state index contributed by atoms with van der Waals surface area (Å²) < 4.78 is 14.0. The second-order valence-electron chi connectivity index (χ2n) is 5.34. The van der Waals surface area contributed by atoms with E-state index in [4.69, 9.17) is 0 Å². The lowest BCUT2D eigenvalue weighted by molar-refractivity contribution is 0.624. The highest BCUT2D eigenvalue weighted by Crippen LogP contribution is 2.29. The van der Waals surface area contributed by atoms with Gasteiger partial charge in [-0.05, 0) is 23.3 Å². The van der Waals surface area contributed by atoms with Gasteiger partial charge in [-0.2, -0.15) is 0 Å². The van der Waals surface area contributed by atoms with Gasteiger partial charge in [0.15, 0.2) is 0 Å². The minimum absolute atomic E-state index is 0.254. The molecule has 0 saturated carbocycles. The average molecular weight is 303 g/mol. The number of hydrogen-bond donors (Lipinski definition) is 1. The van der Waals surface area contributed by atoms with Crippen molar-refractivity contribution in [1.29, 1.82) is 0 Å². The summed E-state index contributed by atoms with van der Waals surface area (Å²) in [4.78, 5) is 0. The van der Waals surface area contributed by atoms with Crippen molar-refractivity contribution in [2.75, 3.05) is 5.32 Å². The molecule has 0 heterocycles. The number of anilines is 1. The highest BCUT2D eigenvalue weighted by molar-refractivity contribution is 5.85. The molecule has 1 nitrogen and oxygen atoms in total. The van der Waals surface area contributed by atoms with Gasteiger partial charge < -0.3 is 5.32 Å². The van der Waals surface area contributed by atoms with Crippen molar-refractivity contribution in [3.05, 3.63) is 108 Å². The van der Waals surface area contributed by atoms with Crippen molar-refractivity contribution in [3.8, 4) is 0 Å². The predicted octanol–water partition coefficient (Wildman–Crippen LogP) is 5.50. The fourth-order valence-corrected chi connectivity index (χ4v) is 2.54. The molecule has 0 saturated heterocycles. The molecule has 0 aliphatic heterocycles. The van der Waals surface area contributed by atoms with Gasteiger partial charge >= 0.3 is 0 Å². The van der Waals surface area contributed by atoms with Crippen molar-refractivity contribution in [2.45, 2.75) is 6.54 Å². The average Bonchev–Trinajstić information content (AvgIpc) is 2.61. The van der Waals surface area contributed by atoms with Gasteiger partial charge in [-0.25, -0.2) is 4.39 Å². The molecule has 0 aliphatic rings. The summed E-state index contributed by atoms with van der Waals surface area (Å²) in [5.41, 5.74) is 4.26. The van der Waals surface area contributed by atoms with Gasteiger partial charge in [-0.3, -0.25) is 0 Å². The number of halogens is 1. The molecule has 3 aromatic carbocycles.